The van der Waals surface area contributed by atoms with E-state index in [1.807, 2.05) is 24.0 Å². The topological polar surface area (TPSA) is 38.8 Å². The molecule has 1 fully saturated rings. The van der Waals surface area contributed by atoms with Crippen LogP contribution in [0.3, 0.4) is 0 Å². The fraction of sp³-hybridized carbons (Fsp3) is 0.500. The molecular formula is C14H18BrNO3. The van der Waals surface area contributed by atoms with Gasteiger partial charge in [0, 0.05) is 24.2 Å². The van der Waals surface area contributed by atoms with E-state index in [9.17, 15) is 4.79 Å². The van der Waals surface area contributed by atoms with Gasteiger partial charge >= 0.3 is 0 Å². The van der Waals surface area contributed by atoms with Crippen LogP contribution in [0.2, 0.25) is 0 Å². The Morgan fingerprint density at radius 2 is 2.32 bits per heavy atom. The van der Waals surface area contributed by atoms with Crippen molar-refractivity contribution in [2.24, 2.45) is 0 Å². The Kier molecular flexibility index (Phi) is 4.82. The predicted octanol–water partition coefficient (Wildman–Crippen LogP) is 2.71. The van der Waals surface area contributed by atoms with Gasteiger partial charge in [0.15, 0.2) is 0 Å². The van der Waals surface area contributed by atoms with Crippen LogP contribution in [0.1, 0.15) is 23.7 Å². The normalized spacial score (nSPS) is 19.9. The van der Waals surface area contributed by atoms with E-state index in [-0.39, 0.29) is 12.0 Å². The van der Waals surface area contributed by atoms with Gasteiger partial charge in [-0.15, -0.1) is 0 Å². The van der Waals surface area contributed by atoms with Crippen molar-refractivity contribution >= 4 is 21.8 Å². The number of carbonyl (C=O) groups excluding carboxylic acids is 1. The monoisotopic (exact) mass is 327 g/mol. The van der Waals surface area contributed by atoms with Crippen LogP contribution < -0.4 is 4.74 Å². The van der Waals surface area contributed by atoms with Crippen LogP contribution in [0, 0.1) is 0 Å². The number of methoxy groups -OCH3 is 1. The highest BCUT2D eigenvalue weighted by Gasteiger charge is 2.22. The molecule has 19 heavy (non-hydrogen) atoms. The molecule has 0 aliphatic carbocycles. The number of benzene rings is 1. The number of hydrogen-bond acceptors (Lipinski definition) is 3. The van der Waals surface area contributed by atoms with Gasteiger partial charge in [0.05, 0.1) is 18.8 Å². The molecule has 0 spiro atoms. The lowest BCUT2D eigenvalue weighted by Gasteiger charge is -2.23. The van der Waals surface area contributed by atoms with Gasteiger partial charge in [0.1, 0.15) is 5.75 Å². The second kappa shape index (κ2) is 6.39. The van der Waals surface area contributed by atoms with Crippen molar-refractivity contribution in [2.75, 3.05) is 26.8 Å². The van der Waals surface area contributed by atoms with Crippen LogP contribution in [0.15, 0.2) is 22.7 Å². The number of nitrogens with zero attached hydrogens (tertiary/aromatic N) is 1. The van der Waals surface area contributed by atoms with Crippen LogP contribution >= 0.6 is 15.9 Å². The first-order chi connectivity index (χ1) is 9.11. The van der Waals surface area contributed by atoms with Crippen molar-refractivity contribution in [3.8, 4) is 5.75 Å². The SMILES string of the molecule is COc1ccc(Br)c(C(=O)N2CCCOC(C)C2)c1. The summed E-state index contributed by atoms with van der Waals surface area (Å²) in [6.45, 7) is 4.06. The molecule has 1 aliphatic rings. The minimum absolute atomic E-state index is 0.0168. The summed E-state index contributed by atoms with van der Waals surface area (Å²) < 4.78 is 11.5. The standard InChI is InChI=1S/C14H18BrNO3/c1-10-9-16(6-3-7-19-10)14(17)12-8-11(18-2)4-5-13(12)15/h4-5,8,10H,3,6-7,9H2,1-2H3. The van der Waals surface area contributed by atoms with Crippen molar-refractivity contribution in [3.63, 3.8) is 0 Å². The third kappa shape index (κ3) is 3.48. The lowest BCUT2D eigenvalue weighted by molar-refractivity contribution is 0.0562. The fourth-order valence-electron chi connectivity index (χ4n) is 2.14. The summed E-state index contributed by atoms with van der Waals surface area (Å²) in [6.07, 6.45) is 0.952. The molecule has 1 aromatic rings. The maximum absolute atomic E-state index is 12.6. The molecule has 2 rings (SSSR count). The van der Waals surface area contributed by atoms with Gasteiger partial charge in [-0.25, -0.2) is 0 Å². The highest BCUT2D eigenvalue weighted by molar-refractivity contribution is 9.10. The second-order valence-electron chi connectivity index (χ2n) is 4.63. The summed E-state index contributed by atoms with van der Waals surface area (Å²) in [5.41, 5.74) is 0.633. The van der Waals surface area contributed by atoms with E-state index in [1.54, 1.807) is 13.2 Å². The Morgan fingerprint density at radius 3 is 3.05 bits per heavy atom. The third-order valence-electron chi connectivity index (χ3n) is 3.14. The van der Waals surface area contributed by atoms with Gasteiger partial charge in [-0.05, 0) is 47.5 Å². The second-order valence-corrected chi connectivity index (χ2v) is 5.49. The molecule has 1 aromatic carbocycles. The van der Waals surface area contributed by atoms with Crippen LogP contribution in [0.25, 0.3) is 0 Å². The lowest BCUT2D eigenvalue weighted by Crippen LogP contribution is -2.36. The zero-order valence-corrected chi connectivity index (χ0v) is 12.8. The van der Waals surface area contributed by atoms with E-state index in [2.05, 4.69) is 15.9 Å². The number of ether oxygens (including phenoxy) is 2. The Bertz CT molecular complexity index is 464. The average Bonchev–Trinajstić information content (AvgIpc) is 2.63. The highest BCUT2D eigenvalue weighted by Crippen LogP contribution is 2.24. The van der Waals surface area contributed by atoms with Gasteiger partial charge in [0.2, 0.25) is 0 Å². The first-order valence-electron chi connectivity index (χ1n) is 6.36. The molecule has 1 unspecified atom stereocenters. The Morgan fingerprint density at radius 1 is 1.53 bits per heavy atom. The molecule has 1 atom stereocenters. The van der Waals surface area contributed by atoms with Gasteiger partial charge < -0.3 is 14.4 Å². The van der Waals surface area contributed by atoms with Gasteiger partial charge in [-0.2, -0.15) is 0 Å². The number of halogens is 1. The largest absolute Gasteiger partial charge is 0.497 e. The van der Waals surface area contributed by atoms with Crippen LogP contribution in [-0.2, 0) is 4.74 Å². The summed E-state index contributed by atoms with van der Waals surface area (Å²) in [5, 5.41) is 0. The molecule has 1 saturated heterocycles. The smallest absolute Gasteiger partial charge is 0.255 e. The average molecular weight is 328 g/mol. The lowest BCUT2D eigenvalue weighted by atomic mass is 10.1. The molecule has 0 radical (unpaired) electrons. The molecule has 1 heterocycles. The molecule has 0 bridgehead atoms. The third-order valence-corrected chi connectivity index (χ3v) is 3.83. The summed E-state index contributed by atoms with van der Waals surface area (Å²) in [6, 6.07) is 5.43. The first kappa shape index (κ1) is 14.3. The number of hydrogen-bond donors (Lipinski definition) is 0. The maximum Gasteiger partial charge on any atom is 0.255 e. The van der Waals surface area contributed by atoms with E-state index in [0.717, 1.165) is 17.4 Å². The number of amides is 1. The Labute approximate surface area is 121 Å². The van der Waals surface area contributed by atoms with E-state index >= 15 is 0 Å². The molecule has 1 amide bonds. The van der Waals surface area contributed by atoms with Crippen LogP contribution in [0.5, 0.6) is 5.75 Å². The first-order valence-corrected chi connectivity index (χ1v) is 7.15. The minimum atomic E-state index is 0.0168. The van der Waals surface area contributed by atoms with E-state index in [1.165, 1.54) is 0 Å². The van der Waals surface area contributed by atoms with Gasteiger partial charge in [-0.3, -0.25) is 4.79 Å². The molecule has 1 aliphatic heterocycles. The summed E-state index contributed by atoms with van der Waals surface area (Å²) in [4.78, 5) is 14.4. The van der Waals surface area contributed by atoms with Crippen molar-refractivity contribution in [1.82, 2.24) is 4.90 Å². The quantitative estimate of drug-likeness (QED) is 0.838. The number of carbonyl (C=O) groups is 1. The van der Waals surface area contributed by atoms with Crippen molar-refractivity contribution in [2.45, 2.75) is 19.4 Å². The zero-order chi connectivity index (χ0) is 13.8. The minimum Gasteiger partial charge on any atom is -0.497 e. The van der Waals surface area contributed by atoms with Gasteiger partial charge in [0.25, 0.3) is 5.91 Å². The molecule has 104 valence electrons. The van der Waals surface area contributed by atoms with E-state index < -0.39 is 0 Å². The van der Waals surface area contributed by atoms with E-state index in [4.69, 9.17) is 9.47 Å². The molecule has 0 aromatic heterocycles. The molecule has 0 N–H and O–H groups in total. The zero-order valence-electron chi connectivity index (χ0n) is 11.2. The molecule has 5 heteroatoms. The molecular weight excluding hydrogens is 310 g/mol. The molecule has 0 saturated carbocycles. The summed E-state index contributed by atoms with van der Waals surface area (Å²) >= 11 is 3.43. The fourth-order valence-corrected chi connectivity index (χ4v) is 2.56. The predicted molar refractivity (Wildman–Crippen MR) is 76.6 cm³/mol. The van der Waals surface area contributed by atoms with Crippen molar-refractivity contribution in [3.05, 3.63) is 28.2 Å². The Balaban J connectivity index is 2.22. The number of rotatable bonds is 2. The summed E-state index contributed by atoms with van der Waals surface area (Å²) in [5.74, 6) is 0.703. The maximum atomic E-state index is 12.6. The summed E-state index contributed by atoms with van der Waals surface area (Å²) in [7, 11) is 1.60. The van der Waals surface area contributed by atoms with Crippen molar-refractivity contribution < 1.29 is 14.3 Å². The highest BCUT2D eigenvalue weighted by atomic mass is 79.9. The van der Waals surface area contributed by atoms with E-state index in [0.29, 0.717) is 24.5 Å². The van der Waals surface area contributed by atoms with Gasteiger partial charge in [-0.1, -0.05) is 0 Å². The van der Waals surface area contributed by atoms with Crippen LogP contribution in [-0.4, -0.2) is 43.7 Å². The Hall–Kier alpha value is -1.07. The van der Waals surface area contributed by atoms with Crippen molar-refractivity contribution in [1.29, 1.82) is 0 Å². The molecule has 4 nitrogen and oxygen atoms in total. The van der Waals surface area contributed by atoms with Crippen LogP contribution in [0.4, 0.5) is 0 Å².